The van der Waals surface area contributed by atoms with E-state index in [0.29, 0.717) is 22.7 Å². The molecular weight excluding hydrogens is 424 g/mol. The van der Waals surface area contributed by atoms with E-state index in [1.165, 1.54) is 6.92 Å². The Morgan fingerprint density at radius 1 is 0.844 bits per heavy atom. The average molecular weight is 447 g/mol. The van der Waals surface area contributed by atoms with Crippen molar-refractivity contribution < 1.29 is 17.9 Å². The number of fused-ring (bicyclic) bond motifs is 1. The topological polar surface area (TPSA) is 84.5 Å². The Morgan fingerprint density at radius 3 is 2.34 bits per heavy atom. The van der Waals surface area contributed by atoms with Crippen molar-refractivity contribution in [2.24, 2.45) is 0 Å². The number of amides is 1. The molecule has 0 heterocycles. The molecule has 0 aliphatic rings. The molecule has 0 spiro atoms. The monoisotopic (exact) mass is 446 g/mol. The molecule has 7 heteroatoms. The lowest BCUT2D eigenvalue weighted by atomic mass is 10.1. The fourth-order valence-corrected chi connectivity index (χ4v) is 4.57. The molecule has 0 saturated heterocycles. The molecule has 4 rings (SSSR count). The molecule has 32 heavy (non-hydrogen) atoms. The van der Waals surface area contributed by atoms with Gasteiger partial charge in [-0.15, -0.1) is 0 Å². The third-order valence-electron chi connectivity index (χ3n) is 4.71. The van der Waals surface area contributed by atoms with Crippen molar-refractivity contribution in [1.82, 2.24) is 0 Å². The number of hydrogen-bond donors (Lipinski definition) is 2. The predicted molar refractivity (Wildman–Crippen MR) is 127 cm³/mol. The number of sulfonamides is 1. The van der Waals surface area contributed by atoms with Crippen LogP contribution >= 0.6 is 0 Å². The molecule has 6 nitrogen and oxygen atoms in total. The van der Waals surface area contributed by atoms with Crippen molar-refractivity contribution in [2.75, 3.05) is 10.0 Å². The highest BCUT2D eigenvalue weighted by Gasteiger charge is 2.13. The normalized spacial score (nSPS) is 11.2. The number of anilines is 2. The minimum absolute atomic E-state index is 0.214. The summed E-state index contributed by atoms with van der Waals surface area (Å²) in [6.45, 7) is 1.40. The number of benzene rings is 4. The highest BCUT2D eigenvalue weighted by Crippen LogP contribution is 2.30. The zero-order valence-electron chi connectivity index (χ0n) is 17.4. The van der Waals surface area contributed by atoms with Crippen molar-refractivity contribution >= 4 is 38.1 Å². The Morgan fingerprint density at radius 2 is 1.56 bits per heavy atom. The van der Waals surface area contributed by atoms with E-state index in [2.05, 4.69) is 10.0 Å². The van der Waals surface area contributed by atoms with Gasteiger partial charge in [-0.2, -0.15) is 0 Å². The summed E-state index contributed by atoms with van der Waals surface area (Å²) < 4.78 is 33.8. The molecule has 4 aromatic carbocycles. The Balaban J connectivity index is 1.44. The predicted octanol–water partition coefficient (Wildman–Crippen LogP) is 5.53. The third-order valence-corrected chi connectivity index (χ3v) is 5.97. The Bertz CT molecular complexity index is 1360. The van der Waals surface area contributed by atoms with E-state index in [9.17, 15) is 13.2 Å². The van der Waals surface area contributed by atoms with Crippen LogP contribution in [0.2, 0.25) is 0 Å². The second-order valence-electron chi connectivity index (χ2n) is 7.35. The van der Waals surface area contributed by atoms with Gasteiger partial charge in [0.15, 0.2) is 0 Å². The summed E-state index contributed by atoms with van der Waals surface area (Å²) in [5.41, 5.74) is 1.56. The van der Waals surface area contributed by atoms with Crippen molar-refractivity contribution in [3.05, 3.63) is 96.6 Å². The number of ether oxygens (including phenoxy) is 1. The summed E-state index contributed by atoms with van der Waals surface area (Å²) in [4.78, 5) is 11.2. The van der Waals surface area contributed by atoms with E-state index in [4.69, 9.17) is 4.74 Å². The van der Waals surface area contributed by atoms with E-state index in [-0.39, 0.29) is 11.7 Å². The SMILES string of the molecule is CC(=O)Nc1cccc(CS(=O)(=O)Nc2ccc(Oc3cccc4ccccc34)cc2)c1. The Kier molecular flexibility index (Phi) is 6.09. The summed E-state index contributed by atoms with van der Waals surface area (Å²) >= 11 is 0. The van der Waals surface area contributed by atoms with Crippen LogP contribution in [0.1, 0.15) is 12.5 Å². The van der Waals surface area contributed by atoms with Crippen LogP contribution in [0.25, 0.3) is 10.8 Å². The lowest BCUT2D eigenvalue weighted by Crippen LogP contribution is -2.15. The minimum atomic E-state index is -3.64. The van der Waals surface area contributed by atoms with Crippen molar-refractivity contribution in [3.8, 4) is 11.5 Å². The van der Waals surface area contributed by atoms with Crippen LogP contribution in [0.4, 0.5) is 11.4 Å². The Hall–Kier alpha value is -3.84. The van der Waals surface area contributed by atoms with Crippen LogP contribution in [0, 0.1) is 0 Å². The van der Waals surface area contributed by atoms with Crippen LogP contribution in [0.15, 0.2) is 91.0 Å². The van der Waals surface area contributed by atoms with Gasteiger partial charge in [0.2, 0.25) is 15.9 Å². The molecule has 162 valence electrons. The number of carbonyl (C=O) groups excluding carboxylic acids is 1. The van der Waals surface area contributed by atoms with Crippen LogP contribution in [0.3, 0.4) is 0 Å². The van der Waals surface area contributed by atoms with Gasteiger partial charge in [0, 0.05) is 23.7 Å². The Labute approximate surface area is 186 Å². The fourth-order valence-electron chi connectivity index (χ4n) is 3.38. The zero-order valence-corrected chi connectivity index (χ0v) is 18.2. The van der Waals surface area contributed by atoms with Gasteiger partial charge in [0.25, 0.3) is 0 Å². The molecule has 0 aliphatic carbocycles. The highest BCUT2D eigenvalue weighted by molar-refractivity contribution is 7.91. The first-order chi connectivity index (χ1) is 15.4. The first kappa shape index (κ1) is 21.4. The summed E-state index contributed by atoms with van der Waals surface area (Å²) in [6.07, 6.45) is 0. The standard InChI is InChI=1S/C25H22N2O4S/c1-18(28)26-22-9-4-6-19(16-22)17-32(29,30)27-21-12-14-23(15-13-21)31-25-11-5-8-20-7-2-3-10-24(20)25/h2-16,27H,17H2,1H3,(H,26,28). The third kappa shape index (κ3) is 5.44. The number of carbonyl (C=O) groups is 1. The van der Waals surface area contributed by atoms with Crippen LogP contribution in [0.5, 0.6) is 11.5 Å². The van der Waals surface area contributed by atoms with Gasteiger partial charge >= 0.3 is 0 Å². The molecule has 0 fully saturated rings. The van der Waals surface area contributed by atoms with E-state index < -0.39 is 10.0 Å². The smallest absolute Gasteiger partial charge is 0.236 e. The van der Waals surface area contributed by atoms with Gasteiger partial charge in [-0.3, -0.25) is 9.52 Å². The van der Waals surface area contributed by atoms with Gasteiger partial charge in [-0.05, 0) is 53.4 Å². The molecule has 4 aromatic rings. The number of hydrogen-bond acceptors (Lipinski definition) is 4. The van der Waals surface area contributed by atoms with Crippen LogP contribution in [-0.2, 0) is 20.6 Å². The molecule has 0 saturated carbocycles. The molecule has 0 aromatic heterocycles. The van der Waals surface area contributed by atoms with Crippen molar-refractivity contribution in [1.29, 1.82) is 0 Å². The highest BCUT2D eigenvalue weighted by atomic mass is 32.2. The molecule has 0 bridgehead atoms. The number of nitrogens with one attached hydrogen (secondary N) is 2. The molecule has 1 amide bonds. The maximum Gasteiger partial charge on any atom is 0.236 e. The number of rotatable bonds is 7. The molecular formula is C25H22N2O4S. The van der Waals surface area contributed by atoms with Crippen LogP contribution < -0.4 is 14.8 Å². The molecule has 0 aliphatic heterocycles. The van der Waals surface area contributed by atoms with Gasteiger partial charge < -0.3 is 10.1 Å². The first-order valence-electron chi connectivity index (χ1n) is 10.0. The first-order valence-corrected chi connectivity index (χ1v) is 11.7. The van der Waals surface area contributed by atoms with E-state index in [1.54, 1.807) is 48.5 Å². The summed E-state index contributed by atoms with van der Waals surface area (Å²) in [7, 11) is -3.64. The molecule has 2 N–H and O–H groups in total. The minimum Gasteiger partial charge on any atom is -0.457 e. The van der Waals surface area contributed by atoms with E-state index in [0.717, 1.165) is 16.5 Å². The largest absolute Gasteiger partial charge is 0.457 e. The maximum atomic E-state index is 12.6. The van der Waals surface area contributed by atoms with Gasteiger partial charge in [0.05, 0.1) is 5.75 Å². The maximum absolute atomic E-state index is 12.6. The summed E-state index contributed by atoms with van der Waals surface area (Å²) in [5, 5.41) is 4.73. The molecule has 0 unspecified atom stereocenters. The molecule has 0 atom stereocenters. The van der Waals surface area contributed by atoms with E-state index >= 15 is 0 Å². The summed E-state index contributed by atoms with van der Waals surface area (Å²) in [6, 6.07) is 27.3. The zero-order chi connectivity index (χ0) is 22.6. The van der Waals surface area contributed by atoms with Gasteiger partial charge in [-0.1, -0.05) is 48.5 Å². The molecule has 0 radical (unpaired) electrons. The fraction of sp³-hybridized carbons (Fsp3) is 0.0800. The second kappa shape index (κ2) is 9.11. The lowest BCUT2D eigenvalue weighted by Gasteiger charge is -2.11. The average Bonchev–Trinajstić information content (AvgIpc) is 2.74. The second-order valence-corrected chi connectivity index (χ2v) is 9.07. The summed E-state index contributed by atoms with van der Waals surface area (Å²) in [5.74, 6) is 0.908. The van der Waals surface area contributed by atoms with Gasteiger partial charge in [-0.25, -0.2) is 8.42 Å². The van der Waals surface area contributed by atoms with Crippen molar-refractivity contribution in [3.63, 3.8) is 0 Å². The van der Waals surface area contributed by atoms with Crippen LogP contribution in [-0.4, -0.2) is 14.3 Å². The van der Waals surface area contributed by atoms with Gasteiger partial charge in [0.1, 0.15) is 11.5 Å². The van der Waals surface area contributed by atoms with Crippen molar-refractivity contribution in [2.45, 2.75) is 12.7 Å². The lowest BCUT2D eigenvalue weighted by molar-refractivity contribution is -0.114. The van der Waals surface area contributed by atoms with E-state index in [1.807, 2.05) is 42.5 Å². The quantitative estimate of drug-likeness (QED) is 0.391.